The fourth-order valence-corrected chi connectivity index (χ4v) is 4.07. The van der Waals surface area contributed by atoms with Crippen LogP contribution in [0.4, 0.5) is 13.2 Å². The summed E-state index contributed by atoms with van der Waals surface area (Å²) in [5, 5.41) is 3.82. The van der Waals surface area contributed by atoms with Crippen LogP contribution >= 0.6 is 11.8 Å². The standard InChI is InChI=1S/C19H17F3N4O2S/c1-28-13-4-2-12(3-5-13)15-10-16(19(20,21)22)26-17(24-15)14(11-23-26)18(27)25-6-8-29-9-7-25/h2-5,10-11H,6-9H2,1H3. The molecule has 0 bridgehead atoms. The highest BCUT2D eigenvalue weighted by molar-refractivity contribution is 7.99. The molecule has 1 aromatic carbocycles. The van der Waals surface area contributed by atoms with Gasteiger partial charge in [0.05, 0.1) is 19.0 Å². The monoisotopic (exact) mass is 422 g/mol. The Bertz CT molecular complexity index is 1040. The second kappa shape index (κ2) is 7.58. The van der Waals surface area contributed by atoms with Crippen molar-refractivity contribution in [2.75, 3.05) is 31.7 Å². The van der Waals surface area contributed by atoms with Crippen molar-refractivity contribution in [3.8, 4) is 17.0 Å². The van der Waals surface area contributed by atoms with Crippen LogP contribution in [0.3, 0.4) is 0 Å². The van der Waals surface area contributed by atoms with Gasteiger partial charge in [0.15, 0.2) is 11.3 Å². The molecule has 1 fully saturated rings. The summed E-state index contributed by atoms with van der Waals surface area (Å²) in [6.07, 6.45) is -3.49. The van der Waals surface area contributed by atoms with E-state index in [4.69, 9.17) is 4.74 Å². The number of carbonyl (C=O) groups is 1. The number of hydrogen-bond acceptors (Lipinski definition) is 5. The predicted molar refractivity (Wildman–Crippen MR) is 103 cm³/mol. The first-order valence-electron chi connectivity index (χ1n) is 8.86. The van der Waals surface area contributed by atoms with E-state index in [2.05, 4.69) is 10.1 Å². The lowest BCUT2D eigenvalue weighted by molar-refractivity contribution is -0.142. The fourth-order valence-electron chi connectivity index (χ4n) is 3.16. The molecule has 29 heavy (non-hydrogen) atoms. The molecular formula is C19H17F3N4O2S. The molecule has 0 spiro atoms. The van der Waals surface area contributed by atoms with Crippen LogP contribution in [0.2, 0.25) is 0 Å². The molecule has 0 saturated carbocycles. The molecule has 0 unspecified atom stereocenters. The van der Waals surface area contributed by atoms with Gasteiger partial charge in [-0.25, -0.2) is 9.50 Å². The summed E-state index contributed by atoms with van der Waals surface area (Å²) in [5.41, 5.74) is -0.433. The molecule has 2 aromatic heterocycles. The molecule has 0 N–H and O–H groups in total. The molecule has 1 amide bonds. The highest BCUT2D eigenvalue weighted by Gasteiger charge is 2.36. The maximum absolute atomic E-state index is 13.7. The summed E-state index contributed by atoms with van der Waals surface area (Å²) >= 11 is 1.74. The third-order valence-corrected chi connectivity index (χ3v) is 5.62. The van der Waals surface area contributed by atoms with E-state index in [0.717, 1.165) is 17.6 Å². The molecule has 4 rings (SSSR count). The molecule has 3 aromatic rings. The van der Waals surface area contributed by atoms with E-state index in [1.165, 1.54) is 13.3 Å². The topological polar surface area (TPSA) is 59.7 Å². The number of fused-ring (bicyclic) bond motifs is 1. The van der Waals surface area contributed by atoms with Crippen LogP contribution < -0.4 is 4.74 Å². The van der Waals surface area contributed by atoms with Gasteiger partial charge in [-0.2, -0.15) is 30.0 Å². The molecule has 10 heteroatoms. The van der Waals surface area contributed by atoms with E-state index < -0.39 is 11.9 Å². The summed E-state index contributed by atoms with van der Waals surface area (Å²) in [6, 6.07) is 7.47. The Morgan fingerprint density at radius 2 is 1.86 bits per heavy atom. The van der Waals surface area contributed by atoms with Crippen molar-refractivity contribution < 1.29 is 22.7 Å². The first-order chi connectivity index (χ1) is 13.9. The first-order valence-corrected chi connectivity index (χ1v) is 10.0. The lowest BCUT2D eigenvalue weighted by Crippen LogP contribution is -2.37. The number of ether oxygens (including phenoxy) is 1. The quantitative estimate of drug-likeness (QED) is 0.645. The van der Waals surface area contributed by atoms with Crippen LogP contribution in [-0.4, -0.2) is 57.1 Å². The fraction of sp³-hybridized carbons (Fsp3) is 0.316. The number of rotatable bonds is 3. The molecular weight excluding hydrogens is 405 g/mol. The van der Waals surface area contributed by atoms with Crippen LogP contribution in [0.15, 0.2) is 36.5 Å². The highest BCUT2D eigenvalue weighted by Crippen LogP contribution is 2.33. The maximum Gasteiger partial charge on any atom is 0.433 e. The number of halogens is 3. The van der Waals surface area contributed by atoms with Crippen molar-refractivity contribution in [3.05, 3.63) is 47.8 Å². The normalized spacial score (nSPS) is 15.0. The second-order valence-electron chi connectivity index (χ2n) is 6.45. The SMILES string of the molecule is COc1ccc(-c2cc(C(F)(F)F)n3ncc(C(=O)N4CCSCC4)c3n2)cc1. The Labute approximate surface area is 168 Å². The van der Waals surface area contributed by atoms with Gasteiger partial charge in [-0.3, -0.25) is 4.79 Å². The summed E-state index contributed by atoms with van der Waals surface area (Å²) in [4.78, 5) is 18.9. The molecule has 3 heterocycles. The molecule has 1 saturated heterocycles. The molecule has 0 atom stereocenters. The van der Waals surface area contributed by atoms with E-state index in [0.29, 0.717) is 28.9 Å². The Morgan fingerprint density at radius 1 is 1.17 bits per heavy atom. The third kappa shape index (κ3) is 3.76. The van der Waals surface area contributed by atoms with E-state index in [-0.39, 0.29) is 22.8 Å². The van der Waals surface area contributed by atoms with Crippen molar-refractivity contribution in [1.29, 1.82) is 0 Å². The molecule has 0 radical (unpaired) electrons. The van der Waals surface area contributed by atoms with E-state index in [9.17, 15) is 18.0 Å². The summed E-state index contributed by atoms with van der Waals surface area (Å²) in [7, 11) is 1.50. The average molecular weight is 422 g/mol. The maximum atomic E-state index is 13.7. The van der Waals surface area contributed by atoms with Gasteiger partial charge in [0.1, 0.15) is 11.3 Å². The number of methoxy groups -OCH3 is 1. The Balaban J connectivity index is 1.85. The van der Waals surface area contributed by atoms with Gasteiger partial charge in [0.2, 0.25) is 0 Å². The summed E-state index contributed by atoms with van der Waals surface area (Å²) in [6.45, 7) is 1.09. The summed E-state index contributed by atoms with van der Waals surface area (Å²) < 4.78 is 46.9. The van der Waals surface area contributed by atoms with Crippen LogP contribution in [0, 0.1) is 0 Å². The summed E-state index contributed by atoms with van der Waals surface area (Å²) in [5.74, 6) is 1.81. The predicted octanol–water partition coefficient (Wildman–Crippen LogP) is 3.61. The Kier molecular flexibility index (Phi) is 5.12. The minimum absolute atomic E-state index is 0.0674. The Morgan fingerprint density at radius 3 is 2.48 bits per heavy atom. The largest absolute Gasteiger partial charge is 0.497 e. The second-order valence-corrected chi connectivity index (χ2v) is 7.68. The van der Waals surface area contributed by atoms with E-state index in [1.807, 2.05) is 0 Å². The van der Waals surface area contributed by atoms with Gasteiger partial charge in [0.25, 0.3) is 5.91 Å². The van der Waals surface area contributed by atoms with E-state index in [1.54, 1.807) is 40.9 Å². The highest BCUT2D eigenvalue weighted by atomic mass is 32.2. The van der Waals surface area contributed by atoms with Crippen LogP contribution in [0.1, 0.15) is 16.1 Å². The minimum Gasteiger partial charge on any atom is -0.497 e. The molecule has 6 nitrogen and oxygen atoms in total. The smallest absolute Gasteiger partial charge is 0.433 e. The number of benzene rings is 1. The van der Waals surface area contributed by atoms with Crippen molar-refractivity contribution in [3.63, 3.8) is 0 Å². The van der Waals surface area contributed by atoms with E-state index >= 15 is 0 Å². The molecule has 1 aliphatic rings. The first kappa shape index (κ1) is 19.6. The van der Waals surface area contributed by atoms with Crippen LogP contribution in [0.25, 0.3) is 16.9 Å². The van der Waals surface area contributed by atoms with Crippen molar-refractivity contribution in [2.24, 2.45) is 0 Å². The Hall–Kier alpha value is -2.75. The zero-order chi connectivity index (χ0) is 20.6. The van der Waals surface area contributed by atoms with Crippen LogP contribution in [-0.2, 0) is 6.18 Å². The number of carbonyl (C=O) groups excluding carboxylic acids is 1. The average Bonchev–Trinajstić information content (AvgIpc) is 3.16. The number of thioether (sulfide) groups is 1. The number of aromatic nitrogens is 3. The van der Waals surface area contributed by atoms with Crippen molar-refractivity contribution in [1.82, 2.24) is 19.5 Å². The van der Waals surface area contributed by atoms with Crippen molar-refractivity contribution >= 4 is 23.3 Å². The van der Waals surface area contributed by atoms with Gasteiger partial charge in [-0.1, -0.05) is 0 Å². The zero-order valence-corrected chi connectivity index (χ0v) is 16.3. The third-order valence-electron chi connectivity index (χ3n) is 4.68. The minimum atomic E-state index is -4.66. The molecule has 1 aliphatic heterocycles. The molecule has 152 valence electrons. The van der Waals surface area contributed by atoms with Gasteiger partial charge in [-0.15, -0.1) is 0 Å². The van der Waals surface area contributed by atoms with Gasteiger partial charge in [0, 0.05) is 30.2 Å². The number of alkyl halides is 3. The van der Waals surface area contributed by atoms with Gasteiger partial charge >= 0.3 is 6.18 Å². The lowest BCUT2D eigenvalue weighted by Gasteiger charge is -2.25. The lowest BCUT2D eigenvalue weighted by atomic mass is 10.1. The van der Waals surface area contributed by atoms with Gasteiger partial charge < -0.3 is 9.64 Å². The zero-order valence-electron chi connectivity index (χ0n) is 15.4. The molecule has 0 aliphatic carbocycles. The van der Waals surface area contributed by atoms with Crippen molar-refractivity contribution in [2.45, 2.75) is 6.18 Å². The van der Waals surface area contributed by atoms with Gasteiger partial charge in [-0.05, 0) is 30.3 Å². The number of amides is 1. The van der Waals surface area contributed by atoms with Crippen LogP contribution in [0.5, 0.6) is 5.75 Å². The number of nitrogens with zero attached hydrogens (tertiary/aromatic N) is 4. The number of hydrogen-bond donors (Lipinski definition) is 0.